The van der Waals surface area contributed by atoms with Gasteiger partial charge in [-0.05, 0) is 19.3 Å². The van der Waals surface area contributed by atoms with Gasteiger partial charge in [-0.25, -0.2) is 0 Å². The summed E-state index contributed by atoms with van der Waals surface area (Å²) in [4.78, 5) is 3.92. The van der Waals surface area contributed by atoms with Crippen molar-refractivity contribution in [3.05, 3.63) is 12.2 Å². The molecule has 0 aliphatic heterocycles. The number of hydrogen-bond acceptors (Lipinski definition) is 6. The largest absolute Gasteiger partial charge is 0.389 e. The molecule has 2 unspecified atom stereocenters. The Bertz CT molecular complexity index is 317. The first-order valence-corrected chi connectivity index (χ1v) is 6.83. The van der Waals surface area contributed by atoms with Crippen LogP contribution in [0.2, 0.25) is 0 Å². The fraction of sp³-hybridized carbons (Fsp3) is 0.846. The fourth-order valence-electron chi connectivity index (χ4n) is 1.84. The first-order valence-electron chi connectivity index (χ1n) is 6.83. The van der Waals surface area contributed by atoms with Crippen LogP contribution in [0.25, 0.3) is 0 Å². The third-order valence-corrected chi connectivity index (χ3v) is 2.69. The number of ether oxygens (including phenoxy) is 1. The van der Waals surface area contributed by atoms with Crippen molar-refractivity contribution in [1.82, 2.24) is 15.5 Å². The SMILES string of the molecule is CC(C)CC(C)OCC(O)CNCCc1ncon1. The zero-order valence-corrected chi connectivity index (χ0v) is 12.0. The summed E-state index contributed by atoms with van der Waals surface area (Å²) in [5.41, 5.74) is 0. The second-order valence-electron chi connectivity index (χ2n) is 5.23. The molecule has 1 aromatic rings. The average molecular weight is 271 g/mol. The summed E-state index contributed by atoms with van der Waals surface area (Å²) in [5, 5.41) is 16.6. The molecule has 2 N–H and O–H groups in total. The highest BCUT2D eigenvalue weighted by atomic mass is 16.5. The summed E-state index contributed by atoms with van der Waals surface area (Å²) < 4.78 is 10.2. The van der Waals surface area contributed by atoms with Crippen LogP contribution in [0.5, 0.6) is 0 Å². The topological polar surface area (TPSA) is 80.4 Å². The second-order valence-corrected chi connectivity index (χ2v) is 5.23. The van der Waals surface area contributed by atoms with E-state index in [1.165, 1.54) is 6.39 Å². The van der Waals surface area contributed by atoms with Crippen molar-refractivity contribution in [3.8, 4) is 0 Å². The molecule has 0 aliphatic carbocycles. The predicted molar refractivity (Wildman–Crippen MR) is 71.7 cm³/mol. The molecule has 0 aliphatic rings. The van der Waals surface area contributed by atoms with Gasteiger partial charge < -0.3 is 19.7 Å². The molecule has 2 atom stereocenters. The Labute approximate surface area is 114 Å². The van der Waals surface area contributed by atoms with Crippen LogP contribution in [0.3, 0.4) is 0 Å². The van der Waals surface area contributed by atoms with Crippen molar-refractivity contribution in [3.63, 3.8) is 0 Å². The molecule has 1 heterocycles. The zero-order valence-electron chi connectivity index (χ0n) is 12.0. The van der Waals surface area contributed by atoms with Crippen LogP contribution in [0.4, 0.5) is 0 Å². The predicted octanol–water partition coefficient (Wildman–Crippen LogP) is 1.01. The van der Waals surface area contributed by atoms with Gasteiger partial charge in [0.2, 0.25) is 6.39 Å². The van der Waals surface area contributed by atoms with Gasteiger partial charge in [0, 0.05) is 19.5 Å². The van der Waals surface area contributed by atoms with Gasteiger partial charge in [-0.1, -0.05) is 19.0 Å². The molecule has 0 aromatic carbocycles. The third-order valence-electron chi connectivity index (χ3n) is 2.69. The van der Waals surface area contributed by atoms with Gasteiger partial charge in [-0.2, -0.15) is 4.98 Å². The summed E-state index contributed by atoms with van der Waals surface area (Å²) in [6.07, 6.45) is 2.72. The van der Waals surface area contributed by atoms with Crippen LogP contribution in [-0.4, -0.2) is 47.2 Å². The van der Waals surface area contributed by atoms with Crippen LogP contribution in [0.15, 0.2) is 10.9 Å². The zero-order chi connectivity index (χ0) is 14.1. The molecule has 0 radical (unpaired) electrons. The maximum atomic E-state index is 9.75. The van der Waals surface area contributed by atoms with E-state index in [9.17, 15) is 5.11 Å². The smallest absolute Gasteiger partial charge is 0.213 e. The van der Waals surface area contributed by atoms with Crippen LogP contribution >= 0.6 is 0 Å². The number of nitrogens with zero attached hydrogens (tertiary/aromatic N) is 2. The van der Waals surface area contributed by atoms with E-state index in [1.807, 2.05) is 6.92 Å². The quantitative estimate of drug-likeness (QED) is 0.618. The first-order chi connectivity index (χ1) is 9.08. The van der Waals surface area contributed by atoms with Crippen LogP contribution in [0.1, 0.15) is 33.0 Å². The fourth-order valence-corrected chi connectivity index (χ4v) is 1.84. The van der Waals surface area contributed by atoms with Crippen molar-refractivity contribution in [2.45, 2.75) is 45.8 Å². The number of aliphatic hydroxyl groups excluding tert-OH is 1. The lowest BCUT2D eigenvalue weighted by atomic mass is 10.1. The van der Waals surface area contributed by atoms with Gasteiger partial charge in [-0.3, -0.25) is 0 Å². The molecule has 6 nitrogen and oxygen atoms in total. The standard InChI is InChI=1S/C13H25N3O3/c1-10(2)6-11(3)18-8-12(17)7-14-5-4-13-15-9-19-16-13/h9-12,14,17H,4-8H2,1-3H3. The Balaban J connectivity index is 2.00. The van der Waals surface area contributed by atoms with Crippen molar-refractivity contribution in [1.29, 1.82) is 0 Å². The van der Waals surface area contributed by atoms with E-state index < -0.39 is 6.10 Å². The summed E-state index contributed by atoms with van der Waals surface area (Å²) in [6.45, 7) is 7.94. The highest BCUT2D eigenvalue weighted by Crippen LogP contribution is 2.07. The highest BCUT2D eigenvalue weighted by molar-refractivity contribution is 4.78. The molecule has 0 saturated carbocycles. The summed E-state index contributed by atoms with van der Waals surface area (Å²) in [7, 11) is 0. The number of rotatable bonds is 10. The number of aliphatic hydroxyl groups is 1. The molecule has 1 rings (SSSR count). The third kappa shape index (κ3) is 7.92. The Morgan fingerprint density at radius 3 is 2.84 bits per heavy atom. The van der Waals surface area contributed by atoms with E-state index in [2.05, 4.69) is 33.8 Å². The first kappa shape index (κ1) is 16.1. The Morgan fingerprint density at radius 1 is 1.42 bits per heavy atom. The molecule has 0 saturated heterocycles. The summed E-state index contributed by atoms with van der Waals surface area (Å²) in [6, 6.07) is 0. The van der Waals surface area contributed by atoms with Gasteiger partial charge in [-0.15, -0.1) is 0 Å². The number of aromatic nitrogens is 2. The molecule has 0 fully saturated rings. The minimum absolute atomic E-state index is 0.189. The van der Waals surface area contributed by atoms with Crippen LogP contribution < -0.4 is 5.32 Å². The highest BCUT2D eigenvalue weighted by Gasteiger charge is 2.09. The van der Waals surface area contributed by atoms with Gasteiger partial charge in [0.25, 0.3) is 0 Å². The van der Waals surface area contributed by atoms with Crippen LogP contribution in [0, 0.1) is 5.92 Å². The molecule has 1 aromatic heterocycles. The molecule has 110 valence electrons. The lowest BCUT2D eigenvalue weighted by Gasteiger charge is -2.18. The lowest BCUT2D eigenvalue weighted by Crippen LogP contribution is -2.33. The van der Waals surface area contributed by atoms with Gasteiger partial charge >= 0.3 is 0 Å². The van der Waals surface area contributed by atoms with Crippen molar-refractivity contribution in [2.24, 2.45) is 5.92 Å². The number of hydrogen-bond donors (Lipinski definition) is 2. The summed E-state index contributed by atoms with van der Waals surface area (Å²) in [5.74, 6) is 1.28. The summed E-state index contributed by atoms with van der Waals surface area (Å²) >= 11 is 0. The molecule has 19 heavy (non-hydrogen) atoms. The van der Waals surface area contributed by atoms with E-state index >= 15 is 0 Å². The molecular weight excluding hydrogens is 246 g/mol. The van der Waals surface area contributed by atoms with E-state index in [1.54, 1.807) is 0 Å². The van der Waals surface area contributed by atoms with Crippen molar-refractivity contribution in [2.75, 3.05) is 19.7 Å². The van der Waals surface area contributed by atoms with E-state index in [-0.39, 0.29) is 6.10 Å². The normalized spacial score (nSPS) is 14.8. The molecule has 0 spiro atoms. The second kappa shape index (κ2) is 9.01. The Morgan fingerprint density at radius 2 is 2.21 bits per heavy atom. The molecular formula is C13H25N3O3. The van der Waals surface area contributed by atoms with Crippen molar-refractivity contribution < 1.29 is 14.4 Å². The van der Waals surface area contributed by atoms with E-state index in [0.717, 1.165) is 6.42 Å². The number of nitrogens with one attached hydrogen (secondary N) is 1. The van der Waals surface area contributed by atoms with Crippen LogP contribution in [-0.2, 0) is 11.2 Å². The minimum Gasteiger partial charge on any atom is -0.389 e. The molecule has 0 bridgehead atoms. The maximum absolute atomic E-state index is 9.75. The maximum Gasteiger partial charge on any atom is 0.213 e. The van der Waals surface area contributed by atoms with Crippen molar-refractivity contribution >= 4 is 0 Å². The average Bonchev–Trinajstić information content (AvgIpc) is 2.84. The Hall–Kier alpha value is -0.980. The van der Waals surface area contributed by atoms with Gasteiger partial charge in [0.15, 0.2) is 5.82 Å². The van der Waals surface area contributed by atoms with Gasteiger partial charge in [0.1, 0.15) is 0 Å². The molecule has 6 heteroatoms. The minimum atomic E-state index is -0.486. The Kier molecular flexibility index (Phi) is 7.62. The monoisotopic (exact) mass is 271 g/mol. The van der Waals surface area contributed by atoms with E-state index in [4.69, 9.17) is 4.74 Å². The molecule has 0 amide bonds. The van der Waals surface area contributed by atoms with E-state index in [0.29, 0.717) is 37.9 Å². The lowest BCUT2D eigenvalue weighted by molar-refractivity contribution is -0.00839. The van der Waals surface area contributed by atoms with Gasteiger partial charge in [0.05, 0.1) is 18.8 Å².